The van der Waals surface area contributed by atoms with E-state index in [9.17, 15) is 9.59 Å². The lowest BCUT2D eigenvalue weighted by Crippen LogP contribution is -2.67. The number of halogens is 1. The Labute approximate surface area is 183 Å². The molecular weight excluding hydrogens is 442 g/mol. The Morgan fingerprint density at radius 2 is 1.80 bits per heavy atom. The van der Waals surface area contributed by atoms with Gasteiger partial charge in [0.05, 0.1) is 5.69 Å². The summed E-state index contributed by atoms with van der Waals surface area (Å²) in [7, 11) is 0. The number of aromatic nitrogens is 1. The average molecular weight is 464 g/mol. The Morgan fingerprint density at radius 1 is 1.07 bits per heavy atom. The zero-order valence-corrected chi connectivity index (χ0v) is 18.3. The minimum Gasteiger partial charge on any atom is -0.356 e. The Morgan fingerprint density at radius 3 is 2.53 bits per heavy atom. The lowest BCUT2D eigenvalue weighted by atomic mass is 9.76. The number of carbonyl (C=O) groups is 2. The molecule has 0 bridgehead atoms. The van der Waals surface area contributed by atoms with E-state index in [1.54, 1.807) is 0 Å². The van der Waals surface area contributed by atoms with E-state index < -0.39 is 5.54 Å². The number of benzene rings is 2. The number of fused-ring (bicyclic) bond motifs is 5. The maximum Gasteiger partial charge on any atom is 0.255 e. The van der Waals surface area contributed by atoms with Gasteiger partial charge < -0.3 is 14.8 Å². The molecule has 1 saturated heterocycles. The topological polar surface area (TPSA) is 56.4 Å². The third-order valence-electron chi connectivity index (χ3n) is 7.03. The molecule has 0 radical (unpaired) electrons. The molecule has 2 fully saturated rings. The summed E-state index contributed by atoms with van der Waals surface area (Å²) in [6.07, 6.45) is 1.99. The zero-order chi connectivity index (χ0) is 20.6. The average Bonchev–Trinajstić information content (AvgIpc) is 3.51. The van der Waals surface area contributed by atoms with Crippen molar-refractivity contribution < 1.29 is 9.59 Å². The number of para-hydroxylation sites is 1. The number of piperazine rings is 1. The fourth-order valence-electron chi connectivity index (χ4n) is 5.31. The first kappa shape index (κ1) is 18.2. The van der Waals surface area contributed by atoms with Gasteiger partial charge in [-0.25, -0.2) is 0 Å². The Bertz CT molecular complexity index is 1200. The third-order valence-corrected chi connectivity index (χ3v) is 7.56. The molecule has 0 spiro atoms. The minimum atomic E-state index is -0.988. The van der Waals surface area contributed by atoms with E-state index >= 15 is 0 Å². The van der Waals surface area contributed by atoms with Gasteiger partial charge in [-0.2, -0.15) is 0 Å². The molecule has 1 aromatic heterocycles. The summed E-state index contributed by atoms with van der Waals surface area (Å²) in [5.74, 6) is 0.101. The standard InChI is InChI=1S/C24H22BrN3O2/c1-24-22-21(17-4-2-3-5-19(17)26-22)18(14-6-8-15(25)9-7-14)12-28(24)20(29)13-27(23(24)30)16-10-11-16/h2-9,16,18,26H,10-13H2,1H3/t18?,24-/m0/s1. The van der Waals surface area contributed by atoms with E-state index in [-0.39, 0.29) is 30.3 Å². The van der Waals surface area contributed by atoms with E-state index in [1.165, 1.54) is 0 Å². The second-order valence-electron chi connectivity index (χ2n) is 8.80. The van der Waals surface area contributed by atoms with Gasteiger partial charge in [0.25, 0.3) is 5.91 Å². The molecule has 30 heavy (non-hydrogen) atoms. The smallest absolute Gasteiger partial charge is 0.255 e. The van der Waals surface area contributed by atoms with E-state index in [0.717, 1.165) is 45.0 Å². The highest BCUT2D eigenvalue weighted by Gasteiger charge is 2.58. The number of hydrogen-bond donors (Lipinski definition) is 1. The van der Waals surface area contributed by atoms with E-state index in [1.807, 2.05) is 47.1 Å². The van der Waals surface area contributed by atoms with Crippen LogP contribution in [0.4, 0.5) is 0 Å². The van der Waals surface area contributed by atoms with Gasteiger partial charge in [0.2, 0.25) is 5.91 Å². The SMILES string of the molecule is C[C@]12C(=O)N(C3CC3)CC(=O)N1CC(c1ccc(Br)cc1)c1c2[nH]c2ccccc12. The summed E-state index contributed by atoms with van der Waals surface area (Å²) in [5.41, 5.74) is 3.18. The van der Waals surface area contributed by atoms with Gasteiger partial charge in [-0.15, -0.1) is 0 Å². The third kappa shape index (κ3) is 2.40. The van der Waals surface area contributed by atoms with Crippen LogP contribution in [0.3, 0.4) is 0 Å². The maximum absolute atomic E-state index is 13.7. The van der Waals surface area contributed by atoms with Crippen molar-refractivity contribution in [2.75, 3.05) is 13.1 Å². The van der Waals surface area contributed by atoms with Gasteiger partial charge in [0.15, 0.2) is 5.54 Å². The lowest BCUT2D eigenvalue weighted by Gasteiger charge is -2.51. The summed E-state index contributed by atoms with van der Waals surface area (Å²) in [6.45, 7) is 2.63. The summed E-state index contributed by atoms with van der Waals surface area (Å²) < 4.78 is 1.02. The lowest BCUT2D eigenvalue weighted by molar-refractivity contribution is -0.166. The van der Waals surface area contributed by atoms with Crippen molar-refractivity contribution in [1.29, 1.82) is 0 Å². The molecular formula is C24H22BrN3O2. The monoisotopic (exact) mass is 463 g/mol. The molecule has 152 valence electrons. The Hall–Kier alpha value is -2.60. The van der Waals surface area contributed by atoms with Crippen LogP contribution in [-0.2, 0) is 15.1 Å². The van der Waals surface area contributed by atoms with Crippen LogP contribution < -0.4 is 0 Å². The Kier molecular flexibility index (Phi) is 3.76. The summed E-state index contributed by atoms with van der Waals surface area (Å²) in [6, 6.07) is 16.7. The van der Waals surface area contributed by atoms with Crippen LogP contribution in [-0.4, -0.2) is 45.7 Å². The van der Waals surface area contributed by atoms with Gasteiger partial charge in [0, 0.05) is 33.9 Å². The molecule has 1 saturated carbocycles. The van der Waals surface area contributed by atoms with Crippen LogP contribution in [0.5, 0.6) is 0 Å². The van der Waals surface area contributed by atoms with Crippen molar-refractivity contribution in [2.24, 2.45) is 0 Å². The molecule has 2 aliphatic heterocycles. The zero-order valence-electron chi connectivity index (χ0n) is 16.7. The summed E-state index contributed by atoms with van der Waals surface area (Å²) in [5, 5.41) is 1.13. The number of rotatable bonds is 2. The van der Waals surface area contributed by atoms with Crippen molar-refractivity contribution in [2.45, 2.75) is 37.3 Å². The Balaban J connectivity index is 1.60. The molecule has 2 aromatic carbocycles. The number of amides is 2. The number of H-pyrrole nitrogens is 1. The van der Waals surface area contributed by atoms with Crippen molar-refractivity contribution in [1.82, 2.24) is 14.8 Å². The fraction of sp³-hybridized carbons (Fsp3) is 0.333. The number of nitrogens with zero attached hydrogens (tertiary/aromatic N) is 2. The highest BCUT2D eigenvalue weighted by Crippen LogP contribution is 2.49. The quantitative estimate of drug-likeness (QED) is 0.621. The van der Waals surface area contributed by atoms with Crippen LogP contribution in [0.2, 0.25) is 0 Å². The van der Waals surface area contributed by atoms with Crippen molar-refractivity contribution >= 4 is 38.6 Å². The molecule has 1 N–H and O–H groups in total. The normalized spacial score (nSPS) is 26.1. The molecule has 5 nitrogen and oxygen atoms in total. The number of aromatic amines is 1. The molecule has 2 amide bonds. The van der Waals surface area contributed by atoms with Crippen LogP contribution in [0, 0.1) is 0 Å². The molecule has 6 rings (SSSR count). The number of nitrogens with one attached hydrogen (secondary N) is 1. The molecule has 3 heterocycles. The first-order chi connectivity index (χ1) is 14.5. The van der Waals surface area contributed by atoms with Crippen molar-refractivity contribution in [3.8, 4) is 0 Å². The van der Waals surface area contributed by atoms with Gasteiger partial charge in [-0.05, 0) is 49.1 Å². The van der Waals surface area contributed by atoms with Crippen molar-refractivity contribution in [3.63, 3.8) is 0 Å². The molecule has 1 unspecified atom stereocenters. The summed E-state index contributed by atoms with van der Waals surface area (Å²) in [4.78, 5) is 34.2. The van der Waals surface area contributed by atoms with Gasteiger partial charge in [-0.3, -0.25) is 9.59 Å². The van der Waals surface area contributed by atoms with Crippen LogP contribution >= 0.6 is 15.9 Å². The minimum absolute atomic E-state index is 0.0153. The predicted octanol–water partition coefficient (Wildman–Crippen LogP) is 4.12. The highest BCUT2D eigenvalue weighted by molar-refractivity contribution is 9.10. The second kappa shape index (κ2) is 6.20. The predicted molar refractivity (Wildman–Crippen MR) is 118 cm³/mol. The fourth-order valence-corrected chi connectivity index (χ4v) is 5.57. The van der Waals surface area contributed by atoms with Gasteiger partial charge >= 0.3 is 0 Å². The van der Waals surface area contributed by atoms with Crippen LogP contribution in [0.25, 0.3) is 10.9 Å². The highest BCUT2D eigenvalue weighted by atomic mass is 79.9. The summed E-state index contributed by atoms with van der Waals surface area (Å²) >= 11 is 3.52. The number of hydrogen-bond acceptors (Lipinski definition) is 2. The molecule has 3 aromatic rings. The largest absolute Gasteiger partial charge is 0.356 e. The molecule has 1 aliphatic carbocycles. The van der Waals surface area contributed by atoms with Crippen LogP contribution in [0.1, 0.15) is 42.5 Å². The van der Waals surface area contributed by atoms with Crippen molar-refractivity contribution in [3.05, 3.63) is 69.8 Å². The van der Waals surface area contributed by atoms with Gasteiger partial charge in [0.1, 0.15) is 6.54 Å². The molecule has 2 atom stereocenters. The van der Waals surface area contributed by atoms with E-state index in [0.29, 0.717) is 6.54 Å². The number of carbonyl (C=O) groups excluding carboxylic acids is 2. The van der Waals surface area contributed by atoms with Gasteiger partial charge in [-0.1, -0.05) is 46.3 Å². The van der Waals surface area contributed by atoms with Crippen LogP contribution in [0.15, 0.2) is 53.0 Å². The molecule has 3 aliphatic rings. The second-order valence-corrected chi connectivity index (χ2v) is 9.72. The maximum atomic E-state index is 13.7. The van der Waals surface area contributed by atoms with E-state index in [4.69, 9.17) is 0 Å². The van der Waals surface area contributed by atoms with E-state index in [2.05, 4.69) is 39.1 Å². The molecule has 6 heteroatoms. The first-order valence-electron chi connectivity index (χ1n) is 10.5. The first-order valence-corrected chi connectivity index (χ1v) is 11.3.